The highest BCUT2D eigenvalue weighted by Crippen LogP contribution is 2.28. The molecule has 1 N–H and O–H groups in total. The van der Waals surface area contributed by atoms with Gasteiger partial charge in [0.2, 0.25) is 0 Å². The second-order valence-electron chi connectivity index (χ2n) is 4.09. The highest BCUT2D eigenvalue weighted by Gasteiger charge is 2.16. The molecule has 0 unspecified atom stereocenters. The van der Waals surface area contributed by atoms with Gasteiger partial charge in [-0.2, -0.15) is 0 Å². The van der Waals surface area contributed by atoms with E-state index >= 15 is 0 Å². The zero-order valence-corrected chi connectivity index (χ0v) is 11.1. The summed E-state index contributed by atoms with van der Waals surface area (Å²) >= 11 is 1.69. The first-order valence-corrected chi connectivity index (χ1v) is 6.43. The molecule has 18 heavy (non-hydrogen) atoms. The molecular formula is C13H14N2O2S. The molecule has 5 heteroatoms. The van der Waals surface area contributed by atoms with E-state index in [2.05, 4.69) is 5.32 Å². The summed E-state index contributed by atoms with van der Waals surface area (Å²) in [5, 5.41) is 14.2. The fourth-order valence-electron chi connectivity index (χ4n) is 1.81. The number of para-hydroxylation sites is 1. The van der Waals surface area contributed by atoms with Gasteiger partial charge in [-0.1, -0.05) is 12.1 Å². The van der Waals surface area contributed by atoms with Crippen LogP contribution in [0.1, 0.15) is 15.3 Å². The summed E-state index contributed by atoms with van der Waals surface area (Å²) in [4.78, 5) is 13.1. The summed E-state index contributed by atoms with van der Waals surface area (Å²) in [6.07, 6.45) is 0. The van der Waals surface area contributed by atoms with E-state index in [9.17, 15) is 10.1 Å². The number of anilines is 1. The average molecular weight is 262 g/mol. The topological polar surface area (TPSA) is 55.2 Å². The Balaban J connectivity index is 2.19. The molecule has 0 amide bonds. The third kappa shape index (κ3) is 2.68. The van der Waals surface area contributed by atoms with Crippen LogP contribution < -0.4 is 5.32 Å². The third-order valence-corrected chi connectivity index (χ3v) is 3.67. The molecule has 0 bridgehead atoms. The summed E-state index contributed by atoms with van der Waals surface area (Å²) in [7, 11) is 0. The Bertz CT molecular complexity index is 578. The Labute approximate surface area is 109 Å². The van der Waals surface area contributed by atoms with Gasteiger partial charge in [-0.15, -0.1) is 11.3 Å². The number of aryl methyl sites for hydroxylation is 2. The van der Waals surface area contributed by atoms with Crippen molar-refractivity contribution in [3.8, 4) is 0 Å². The Kier molecular flexibility index (Phi) is 3.62. The van der Waals surface area contributed by atoms with Gasteiger partial charge < -0.3 is 5.32 Å². The lowest BCUT2D eigenvalue weighted by atomic mass is 10.1. The highest BCUT2D eigenvalue weighted by atomic mass is 32.1. The van der Waals surface area contributed by atoms with Crippen molar-refractivity contribution in [3.63, 3.8) is 0 Å². The van der Waals surface area contributed by atoms with Crippen molar-refractivity contribution in [2.75, 3.05) is 5.32 Å². The van der Waals surface area contributed by atoms with Crippen molar-refractivity contribution < 1.29 is 4.92 Å². The Morgan fingerprint density at radius 3 is 2.67 bits per heavy atom. The Hall–Kier alpha value is -1.88. The van der Waals surface area contributed by atoms with Gasteiger partial charge in [0.1, 0.15) is 5.69 Å². The van der Waals surface area contributed by atoms with Crippen LogP contribution in [0.25, 0.3) is 0 Å². The summed E-state index contributed by atoms with van der Waals surface area (Å²) in [6.45, 7) is 4.41. The fraction of sp³-hybridized carbons (Fsp3) is 0.231. The minimum Gasteiger partial charge on any atom is -0.375 e. The molecule has 0 fully saturated rings. The minimum atomic E-state index is -0.336. The molecule has 0 aliphatic carbocycles. The predicted molar refractivity (Wildman–Crippen MR) is 74.2 cm³/mol. The van der Waals surface area contributed by atoms with Crippen molar-refractivity contribution in [3.05, 3.63) is 55.8 Å². The van der Waals surface area contributed by atoms with Crippen LogP contribution in [0.3, 0.4) is 0 Å². The van der Waals surface area contributed by atoms with Crippen LogP contribution in [-0.2, 0) is 6.54 Å². The zero-order valence-electron chi connectivity index (χ0n) is 10.3. The molecule has 0 aliphatic heterocycles. The molecule has 4 nitrogen and oxygen atoms in total. The molecular weight excluding hydrogens is 248 g/mol. The maximum absolute atomic E-state index is 11.0. The molecule has 0 saturated heterocycles. The van der Waals surface area contributed by atoms with Crippen molar-refractivity contribution >= 4 is 22.7 Å². The van der Waals surface area contributed by atoms with Gasteiger partial charge >= 0.3 is 0 Å². The largest absolute Gasteiger partial charge is 0.375 e. The summed E-state index contributed by atoms with van der Waals surface area (Å²) < 4.78 is 0. The molecule has 1 heterocycles. The Morgan fingerprint density at radius 1 is 1.28 bits per heavy atom. The number of nitro benzene ring substituents is 1. The second kappa shape index (κ2) is 5.18. The number of nitrogens with zero attached hydrogens (tertiary/aromatic N) is 1. The lowest BCUT2D eigenvalue weighted by Gasteiger charge is -2.07. The monoisotopic (exact) mass is 262 g/mol. The Morgan fingerprint density at radius 2 is 2.06 bits per heavy atom. The molecule has 1 aromatic carbocycles. The predicted octanol–water partition coefficient (Wildman–Crippen LogP) is 3.89. The van der Waals surface area contributed by atoms with Crippen molar-refractivity contribution in [1.29, 1.82) is 0 Å². The lowest BCUT2D eigenvalue weighted by molar-refractivity contribution is -0.384. The van der Waals surface area contributed by atoms with Crippen LogP contribution in [0.2, 0.25) is 0 Å². The first kappa shape index (κ1) is 12.6. The lowest BCUT2D eigenvalue weighted by Crippen LogP contribution is -2.02. The van der Waals surface area contributed by atoms with Crippen LogP contribution >= 0.6 is 11.3 Å². The van der Waals surface area contributed by atoms with E-state index in [1.54, 1.807) is 30.4 Å². The van der Waals surface area contributed by atoms with Gasteiger partial charge in [0.05, 0.1) is 4.92 Å². The van der Waals surface area contributed by atoms with E-state index in [-0.39, 0.29) is 10.6 Å². The van der Waals surface area contributed by atoms with Gasteiger partial charge in [-0.05, 0) is 32.0 Å². The number of nitrogens with one attached hydrogen (secondary N) is 1. The quantitative estimate of drug-likeness (QED) is 0.672. The molecule has 0 radical (unpaired) electrons. The second-order valence-corrected chi connectivity index (χ2v) is 5.47. The summed E-state index contributed by atoms with van der Waals surface area (Å²) in [5.41, 5.74) is 1.41. The molecule has 0 aliphatic rings. The normalized spacial score (nSPS) is 10.3. The van der Waals surface area contributed by atoms with E-state index < -0.39 is 0 Å². The third-order valence-electron chi connectivity index (χ3n) is 2.67. The molecule has 1 aromatic heterocycles. The first-order chi connectivity index (χ1) is 8.58. The van der Waals surface area contributed by atoms with Gasteiger partial charge in [-0.25, -0.2) is 0 Å². The van der Waals surface area contributed by atoms with Crippen LogP contribution in [0.15, 0.2) is 30.3 Å². The van der Waals surface area contributed by atoms with Crippen LogP contribution in [0.5, 0.6) is 0 Å². The summed E-state index contributed by atoms with van der Waals surface area (Å²) in [5.74, 6) is 0. The molecule has 2 aromatic rings. The molecule has 0 spiro atoms. The number of nitro groups is 1. The number of benzene rings is 1. The SMILES string of the molecule is Cc1ccc(CNc2cccc(C)c2[N+](=O)[O-])s1. The molecule has 2 rings (SSSR count). The van der Waals surface area contributed by atoms with E-state index in [0.29, 0.717) is 17.8 Å². The van der Waals surface area contributed by atoms with Crippen molar-refractivity contribution in [2.45, 2.75) is 20.4 Å². The van der Waals surface area contributed by atoms with Crippen LogP contribution in [-0.4, -0.2) is 4.92 Å². The molecule has 0 atom stereocenters. The van der Waals surface area contributed by atoms with Gasteiger partial charge in [0, 0.05) is 21.9 Å². The van der Waals surface area contributed by atoms with Gasteiger partial charge in [0.25, 0.3) is 5.69 Å². The maximum atomic E-state index is 11.0. The van der Waals surface area contributed by atoms with E-state index in [0.717, 1.165) is 0 Å². The van der Waals surface area contributed by atoms with Gasteiger partial charge in [-0.3, -0.25) is 10.1 Å². The number of hydrogen-bond acceptors (Lipinski definition) is 4. The van der Waals surface area contributed by atoms with Crippen molar-refractivity contribution in [1.82, 2.24) is 0 Å². The van der Waals surface area contributed by atoms with E-state index in [1.165, 1.54) is 9.75 Å². The number of thiophene rings is 1. The van der Waals surface area contributed by atoms with Gasteiger partial charge in [0.15, 0.2) is 0 Å². The van der Waals surface area contributed by atoms with Crippen molar-refractivity contribution in [2.24, 2.45) is 0 Å². The standard InChI is InChI=1S/C13H14N2O2S/c1-9-4-3-5-12(13(9)15(16)17)14-8-11-7-6-10(2)18-11/h3-7,14H,8H2,1-2H3. The van der Waals surface area contributed by atoms with Crippen LogP contribution in [0, 0.1) is 24.0 Å². The van der Waals surface area contributed by atoms with E-state index in [1.807, 2.05) is 25.1 Å². The molecule has 94 valence electrons. The average Bonchev–Trinajstić information content (AvgIpc) is 2.72. The van der Waals surface area contributed by atoms with E-state index in [4.69, 9.17) is 0 Å². The number of hydrogen-bond donors (Lipinski definition) is 1. The first-order valence-electron chi connectivity index (χ1n) is 5.61. The highest BCUT2D eigenvalue weighted by molar-refractivity contribution is 7.11. The maximum Gasteiger partial charge on any atom is 0.295 e. The molecule has 0 saturated carbocycles. The zero-order chi connectivity index (χ0) is 13.1. The van der Waals surface area contributed by atoms with Crippen LogP contribution in [0.4, 0.5) is 11.4 Å². The fourth-order valence-corrected chi connectivity index (χ4v) is 2.64. The summed E-state index contributed by atoms with van der Waals surface area (Å²) in [6, 6.07) is 9.40. The minimum absolute atomic E-state index is 0.158. The number of rotatable bonds is 4. The smallest absolute Gasteiger partial charge is 0.295 e.